The number of carboxylic acids is 1. The Morgan fingerprint density at radius 3 is 2.60 bits per heavy atom. The molecule has 0 amide bonds. The van der Waals surface area contributed by atoms with Crippen LogP contribution in [0.2, 0.25) is 0 Å². The van der Waals surface area contributed by atoms with Gasteiger partial charge in [0, 0.05) is 18.1 Å². The minimum Gasteiger partial charge on any atom is -0.480 e. The summed E-state index contributed by atoms with van der Waals surface area (Å²) in [6, 6.07) is 5.65. The molecule has 1 saturated heterocycles. The highest BCUT2D eigenvalue weighted by Gasteiger charge is 2.37. The molecule has 5 nitrogen and oxygen atoms in total. The molecule has 0 saturated carbocycles. The summed E-state index contributed by atoms with van der Waals surface area (Å²) >= 11 is 1.47. The van der Waals surface area contributed by atoms with E-state index in [-0.39, 0.29) is 11.4 Å². The van der Waals surface area contributed by atoms with Gasteiger partial charge in [0.05, 0.1) is 4.90 Å². The van der Waals surface area contributed by atoms with Gasteiger partial charge in [-0.25, -0.2) is 8.42 Å². The lowest BCUT2D eigenvalue weighted by Crippen LogP contribution is -2.50. The summed E-state index contributed by atoms with van der Waals surface area (Å²) in [6.45, 7) is 2.23. The number of carbonyl (C=O) groups is 1. The van der Waals surface area contributed by atoms with Crippen LogP contribution in [-0.4, -0.2) is 47.9 Å². The lowest BCUT2D eigenvalue weighted by molar-refractivity contribution is -0.140. The summed E-state index contributed by atoms with van der Waals surface area (Å²) < 4.78 is 26.2. The maximum Gasteiger partial charge on any atom is 0.322 e. The standard InChI is InChI=1S/C13H17NO4S2/c1-2-10-3-5-11(6-4-10)20(17,18)14-7-8-19-9-12(14)13(15)16/h3-6,12H,2,7-9H2,1H3,(H,15,16). The zero-order valence-corrected chi connectivity index (χ0v) is 12.8. The Balaban J connectivity index is 2.34. The Labute approximate surface area is 123 Å². The molecule has 0 aliphatic carbocycles. The normalized spacial score (nSPS) is 20.8. The molecule has 1 aromatic carbocycles. The van der Waals surface area contributed by atoms with E-state index in [1.165, 1.54) is 11.8 Å². The van der Waals surface area contributed by atoms with Crippen molar-refractivity contribution in [3.63, 3.8) is 0 Å². The lowest BCUT2D eigenvalue weighted by atomic mass is 10.2. The van der Waals surface area contributed by atoms with E-state index in [9.17, 15) is 18.3 Å². The molecule has 0 radical (unpaired) electrons. The zero-order valence-electron chi connectivity index (χ0n) is 11.2. The molecule has 1 heterocycles. The molecule has 110 valence electrons. The van der Waals surface area contributed by atoms with Gasteiger partial charge in [-0.15, -0.1) is 0 Å². The van der Waals surface area contributed by atoms with Crippen molar-refractivity contribution in [2.45, 2.75) is 24.3 Å². The van der Waals surface area contributed by atoms with Gasteiger partial charge in [-0.1, -0.05) is 19.1 Å². The minimum absolute atomic E-state index is 0.160. The second kappa shape index (κ2) is 6.15. The van der Waals surface area contributed by atoms with E-state index >= 15 is 0 Å². The van der Waals surface area contributed by atoms with Gasteiger partial charge in [-0.05, 0) is 24.1 Å². The third-order valence-corrected chi connectivity index (χ3v) is 6.25. The number of aryl methyl sites for hydroxylation is 1. The van der Waals surface area contributed by atoms with Crippen LogP contribution in [0.25, 0.3) is 0 Å². The smallest absolute Gasteiger partial charge is 0.322 e. The molecule has 1 atom stereocenters. The van der Waals surface area contributed by atoms with Gasteiger partial charge >= 0.3 is 5.97 Å². The maximum absolute atomic E-state index is 12.6. The summed E-state index contributed by atoms with van der Waals surface area (Å²) in [7, 11) is -3.74. The van der Waals surface area contributed by atoms with Crippen molar-refractivity contribution in [2.24, 2.45) is 0 Å². The van der Waals surface area contributed by atoms with E-state index in [1.807, 2.05) is 6.92 Å². The monoisotopic (exact) mass is 315 g/mol. The summed E-state index contributed by atoms with van der Waals surface area (Å²) in [5, 5.41) is 9.18. The number of hydrogen-bond acceptors (Lipinski definition) is 4. The fourth-order valence-electron chi connectivity index (χ4n) is 2.10. The van der Waals surface area contributed by atoms with Crippen LogP contribution in [0.15, 0.2) is 29.2 Å². The fraction of sp³-hybridized carbons (Fsp3) is 0.462. The minimum atomic E-state index is -3.74. The van der Waals surface area contributed by atoms with Gasteiger partial charge in [0.15, 0.2) is 0 Å². The quantitative estimate of drug-likeness (QED) is 0.910. The van der Waals surface area contributed by atoms with Gasteiger partial charge in [-0.2, -0.15) is 16.1 Å². The molecule has 1 aliphatic rings. The van der Waals surface area contributed by atoms with Crippen molar-refractivity contribution >= 4 is 27.8 Å². The highest BCUT2D eigenvalue weighted by Crippen LogP contribution is 2.25. The van der Waals surface area contributed by atoms with Crippen molar-refractivity contribution in [3.8, 4) is 0 Å². The number of hydrogen-bond donors (Lipinski definition) is 1. The van der Waals surface area contributed by atoms with E-state index in [2.05, 4.69) is 0 Å². The first-order valence-electron chi connectivity index (χ1n) is 6.38. The number of rotatable bonds is 4. The zero-order chi connectivity index (χ0) is 14.8. The van der Waals surface area contributed by atoms with E-state index in [4.69, 9.17) is 0 Å². The summed E-state index contributed by atoms with van der Waals surface area (Å²) in [5.41, 5.74) is 1.05. The second-order valence-electron chi connectivity index (χ2n) is 4.54. The third kappa shape index (κ3) is 2.99. The molecule has 2 rings (SSSR count). The van der Waals surface area contributed by atoms with Gasteiger partial charge < -0.3 is 5.11 Å². The van der Waals surface area contributed by atoms with Crippen molar-refractivity contribution in [1.29, 1.82) is 0 Å². The molecule has 0 aromatic heterocycles. The van der Waals surface area contributed by atoms with Crippen molar-refractivity contribution in [3.05, 3.63) is 29.8 Å². The van der Waals surface area contributed by atoms with Gasteiger partial charge in [-0.3, -0.25) is 4.79 Å². The molecule has 0 bridgehead atoms. The molecule has 1 N–H and O–H groups in total. The first kappa shape index (κ1) is 15.3. The van der Waals surface area contributed by atoms with E-state index in [1.54, 1.807) is 24.3 Å². The Bertz CT molecular complexity index is 583. The average molecular weight is 315 g/mol. The predicted octanol–water partition coefficient (Wildman–Crippen LogP) is 1.44. The van der Waals surface area contributed by atoms with Crippen molar-refractivity contribution in [2.75, 3.05) is 18.1 Å². The molecule has 7 heteroatoms. The molecule has 20 heavy (non-hydrogen) atoms. The predicted molar refractivity (Wildman–Crippen MR) is 78.5 cm³/mol. The van der Waals surface area contributed by atoms with Crippen LogP contribution < -0.4 is 0 Å². The van der Waals surface area contributed by atoms with Crippen LogP contribution in [0.4, 0.5) is 0 Å². The molecular weight excluding hydrogens is 298 g/mol. The Kier molecular flexibility index (Phi) is 4.72. The summed E-state index contributed by atoms with van der Waals surface area (Å²) in [5.74, 6) is -0.177. The number of benzene rings is 1. The SMILES string of the molecule is CCc1ccc(S(=O)(=O)N2CCSCC2C(=O)O)cc1. The highest BCUT2D eigenvalue weighted by molar-refractivity contribution is 7.99. The van der Waals surface area contributed by atoms with Gasteiger partial charge in [0.1, 0.15) is 6.04 Å². The average Bonchev–Trinajstić information content (AvgIpc) is 2.47. The van der Waals surface area contributed by atoms with E-state index < -0.39 is 22.0 Å². The number of nitrogens with zero attached hydrogens (tertiary/aromatic N) is 1. The first-order chi connectivity index (χ1) is 9.46. The molecular formula is C13H17NO4S2. The number of aliphatic carboxylic acids is 1. The number of sulfonamides is 1. The Morgan fingerprint density at radius 2 is 2.05 bits per heavy atom. The lowest BCUT2D eigenvalue weighted by Gasteiger charge is -2.31. The third-order valence-electron chi connectivity index (χ3n) is 3.30. The highest BCUT2D eigenvalue weighted by atomic mass is 32.2. The molecule has 1 fully saturated rings. The van der Waals surface area contributed by atoms with Gasteiger partial charge in [0.25, 0.3) is 0 Å². The summed E-state index contributed by atoms with van der Waals surface area (Å²) in [6.07, 6.45) is 0.832. The van der Waals surface area contributed by atoms with Crippen LogP contribution >= 0.6 is 11.8 Å². The number of carboxylic acid groups (broad SMARTS) is 1. The fourth-order valence-corrected chi connectivity index (χ4v) is 4.93. The van der Waals surface area contributed by atoms with Crippen LogP contribution in [0.1, 0.15) is 12.5 Å². The molecule has 1 unspecified atom stereocenters. The Hall–Kier alpha value is -1.05. The Morgan fingerprint density at radius 1 is 1.40 bits per heavy atom. The van der Waals surface area contributed by atoms with Gasteiger partial charge in [0.2, 0.25) is 10.0 Å². The topological polar surface area (TPSA) is 74.7 Å². The molecule has 1 aromatic rings. The van der Waals surface area contributed by atoms with E-state index in [0.29, 0.717) is 11.5 Å². The molecule has 0 spiro atoms. The maximum atomic E-state index is 12.6. The largest absolute Gasteiger partial charge is 0.480 e. The van der Waals surface area contributed by atoms with Crippen LogP contribution in [0.3, 0.4) is 0 Å². The van der Waals surface area contributed by atoms with Crippen LogP contribution in [0, 0.1) is 0 Å². The summed E-state index contributed by atoms with van der Waals surface area (Å²) in [4.78, 5) is 11.4. The van der Waals surface area contributed by atoms with Crippen LogP contribution in [-0.2, 0) is 21.2 Å². The van der Waals surface area contributed by atoms with Crippen molar-refractivity contribution < 1.29 is 18.3 Å². The first-order valence-corrected chi connectivity index (χ1v) is 8.97. The second-order valence-corrected chi connectivity index (χ2v) is 7.58. The van der Waals surface area contributed by atoms with Crippen molar-refractivity contribution in [1.82, 2.24) is 4.31 Å². The molecule has 1 aliphatic heterocycles. The van der Waals surface area contributed by atoms with E-state index in [0.717, 1.165) is 16.3 Å². The van der Waals surface area contributed by atoms with Crippen LogP contribution in [0.5, 0.6) is 0 Å². The number of thioether (sulfide) groups is 1.